The van der Waals surface area contributed by atoms with Gasteiger partial charge in [0.15, 0.2) is 0 Å². The van der Waals surface area contributed by atoms with Crippen LogP contribution in [0.15, 0.2) is 18.2 Å². The van der Waals surface area contributed by atoms with Crippen LogP contribution in [0.4, 0.5) is 5.69 Å². The molecule has 0 aliphatic carbocycles. The molecule has 112 valence electrons. The fraction of sp³-hybridized carbons (Fsp3) is 0.647. The summed E-state index contributed by atoms with van der Waals surface area (Å²) in [6, 6.07) is 6.38. The third-order valence-corrected chi connectivity index (χ3v) is 4.54. The zero-order valence-electron chi connectivity index (χ0n) is 12.7. The van der Waals surface area contributed by atoms with Crippen LogP contribution in [0.2, 0.25) is 5.02 Å². The van der Waals surface area contributed by atoms with E-state index in [2.05, 4.69) is 24.8 Å². The predicted octanol–water partition coefficient (Wildman–Crippen LogP) is 4.25. The van der Waals surface area contributed by atoms with Crippen molar-refractivity contribution in [3.05, 3.63) is 28.8 Å². The Kier molecular flexibility index (Phi) is 5.74. The summed E-state index contributed by atoms with van der Waals surface area (Å²) in [4.78, 5) is 2.46. The van der Waals surface area contributed by atoms with Crippen molar-refractivity contribution in [2.45, 2.75) is 52.0 Å². The van der Waals surface area contributed by atoms with Gasteiger partial charge in [-0.3, -0.25) is 0 Å². The third-order valence-electron chi connectivity index (χ3n) is 4.24. The summed E-state index contributed by atoms with van der Waals surface area (Å²) in [6.07, 6.45) is 6.13. The van der Waals surface area contributed by atoms with Gasteiger partial charge in [-0.1, -0.05) is 43.5 Å². The van der Waals surface area contributed by atoms with Crippen LogP contribution < -0.4 is 10.6 Å². The van der Waals surface area contributed by atoms with Gasteiger partial charge in [-0.15, -0.1) is 0 Å². The summed E-state index contributed by atoms with van der Waals surface area (Å²) >= 11 is 6.46. The second kappa shape index (κ2) is 7.33. The maximum Gasteiger partial charge on any atom is 0.0642 e. The molecule has 1 fully saturated rings. The Hall–Kier alpha value is -0.730. The Balaban J connectivity index is 2.12. The summed E-state index contributed by atoms with van der Waals surface area (Å²) in [5.74, 6) is 0.899. The number of benzene rings is 1. The first kappa shape index (κ1) is 15.7. The molecule has 1 aromatic rings. The molecule has 1 aliphatic rings. The summed E-state index contributed by atoms with van der Waals surface area (Å²) in [7, 11) is 0. The first-order valence-corrected chi connectivity index (χ1v) is 8.27. The maximum atomic E-state index is 6.46. The number of nitrogens with two attached hydrogens (primary N) is 1. The lowest BCUT2D eigenvalue weighted by molar-refractivity contribution is 0.378. The maximum absolute atomic E-state index is 6.46. The van der Waals surface area contributed by atoms with E-state index in [0.29, 0.717) is 0 Å². The molecule has 2 rings (SSSR count). The average molecular weight is 295 g/mol. The second-order valence-electron chi connectivity index (χ2n) is 6.15. The van der Waals surface area contributed by atoms with Gasteiger partial charge < -0.3 is 10.6 Å². The van der Waals surface area contributed by atoms with Crippen molar-refractivity contribution in [3.63, 3.8) is 0 Å². The van der Waals surface area contributed by atoms with E-state index in [1.54, 1.807) is 0 Å². The molecule has 1 aromatic carbocycles. The Morgan fingerprint density at radius 3 is 2.65 bits per heavy atom. The minimum Gasteiger partial charge on any atom is -0.370 e. The predicted molar refractivity (Wildman–Crippen MR) is 88.7 cm³/mol. The van der Waals surface area contributed by atoms with Gasteiger partial charge in [-0.25, -0.2) is 0 Å². The van der Waals surface area contributed by atoms with E-state index >= 15 is 0 Å². The van der Waals surface area contributed by atoms with Gasteiger partial charge >= 0.3 is 0 Å². The standard InChI is InChI=1S/C17H27ClN2/c1-3-5-14-8-10-20(11-9-14)17-15(12-13(2)19)6-4-7-16(17)18/h4,6-7,13-14H,3,5,8-12,19H2,1-2H3. The van der Waals surface area contributed by atoms with Crippen molar-refractivity contribution in [1.82, 2.24) is 0 Å². The quantitative estimate of drug-likeness (QED) is 0.880. The minimum atomic E-state index is 0.171. The van der Waals surface area contributed by atoms with Crippen LogP contribution in [-0.2, 0) is 6.42 Å². The van der Waals surface area contributed by atoms with Gasteiger partial charge in [0.1, 0.15) is 0 Å². The smallest absolute Gasteiger partial charge is 0.0642 e. The summed E-state index contributed by atoms with van der Waals surface area (Å²) < 4.78 is 0. The van der Waals surface area contributed by atoms with E-state index in [-0.39, 0.29) is 6.04 Å². The molecule has 0 bridgehead atoms. The highest BCUT2D eigenvalue weighted by Crippen LogP contribution is 2.34. The number of anilines is 1. The Labute approximate surface area is 128 Å². The molecule has 0 saturated carbocycles. The molecule has 0 spiro atoms. The molecule has 0 amide bonds. The fourth-order valence-corrected chi connectivity index (χ4v) is 3.59. The van der Waals surface area contributed by atoms with Crippen LogP contribution in [0.1, 0.15) is 45.1 Å². The van der Waals surface area contributed by atoms with Crippen LogP contribution in [0.5, 0.6) is 0 Å². The van der Waals surface area contributed by atoms with Crippen molar-refractivity contribution in [2.24, 2.45) is 11.7 Å². The van der Waals surface area contributed by atoms with Crippen molar-refractivity contribution >= 4 is 17.3 Å². The van der Waals surface area contributed by atoms with Gasteiger partial charge in [0.25, 0.3) is 0 Å². The van der Waals surface area contributed by atoms with Gasteiger partial charge in [0.05, 0.1) is 10.7 Å². The van der Waals surface area contributed by atoms with Crippen molar-refractivity contribution < 1.29 is 0 Å². The van der Waals surface area contributed by atoms with Crippen LogP contribution in [0.25, 0.3) is 0 Å². The number of rotatable bonds is 5. The molecule has 2 N–H and O–H groups in total. The van der Waals surface area contributed by atoms with E-state index < -0.39 is 0 Å². The lowest BCUT2D eigenvalue weighted by Crippen LogP contribution is -2.35. The Morgan fingerprint density at radius 2 is 2.05 bits per heavy atom. The monoisotopic (exact) mass is 294 g/mol. The lowest BCUT2D eigenvalue weighted by atomic mass is 9.91. The molecule has 1 atom stereocenters. The van der Waals surface area contributed by atoms with Crippen LogP contribution in [0.3, 0.4) is 0 Å². The molecule has 0 aromatic heterocycles. The highest BCUT2D eigenvalue weighted by atomic mass is 35.5. The third kappa shape index (κ3) is 3.89. The zero-order valence-corrected chi connectivity index (χ0v) is 13.5. The number of hydrogen-bond acceptors (Lipinski definition) is 2. The van der Waals surface area contributed by atoms with Crippen molar-refractivity contribution in [3.8, 4) is 0 Å². The molecule has 1 heterocycles. The van der Waals surface area contributed by atoms with Gasteiger partial charge in [0.2, 0.25) is 0 Å². The summed E-state index contributed by atoms with van der Waals surface area (Å²) in [5.41, 5.74) is 8.49. The molecule has 1 saturated heterocycles. The number of para-hydroxylation sites is 1. The minimum absolute atomic E-state index is 0.171. The molecule has 0 radical (unpaired) electrons. The normalized spacial score (nSPS) is 18.3. The van der Waals surface area contributed by atoms with E-state index in [9.17, 15) is 0 Å². The van der Waals surface area contributed by atoms with Crippen LogP contribution >= 0.6 is 11.6 Å². The zero-order chi connectivity index (χ0) is 14.5. The number of halogens is 1. The molecule has 1 aliphatic heterocycles. The van der Waals surface area contributed by atoms with Crippen molar-refractivity contribution in [1.29, 1.82) is 0 Å². The van der Waals surface area contributed by atoms with Crippen LogP contribution in [0, 0.1) is 5.92 Å². The summed E-state index contributed by atoms with van der Waals surface area (Å²) in [6.45, 7) is 6.58. The van der Waals surface area contributed by atoms with Crippen LogP contribution in [-0.4, -0.2) is 19.1 Å². The lowest BCUT2D eigenvalue weighted by Gasteiger charge is -2.35. The summed E-state index contributed by atoms with van der Waals surface area (Å²) in [5, 5.41) is 0.872. The second-order valence-corrected chi connectivity index (χ2v) is 6.56. The Bertz CT molecular complexity index is 423. The van der Waals surface area contributed by atoms with Gasteiger partial charge in [-0.2, -0.15) is 0 Å². The fourth-order valence-electron chi connectivity index (χ4n) is 3.28. The molecule has 1 unspecified atom stereocenters. The van der Waals surface area contributed by atoms with Gasteiger partial charge in [-0.05, 0) is 43.7 Å². The number of piperidine rings is 1. The number of nitrogens with zero attached hydrogens (tertiary/aromatic N) is 1. The largest absolute Gasteiger partial charge is 0.370 e. The average Bonchev–Trinajstić information content (AvgIpc) is 2.40. The highest BCUT2D eigenvalue weighted by molar-refractivity contribution is 6.33. The van der Waals surface area contributed by atoms with E-state index in [4.69, 9.17) is 17.3 Å². The van der Waals surface area contributed by atoms with Gasteiger partial charge in [0, 0.05) is 19.1 Å². The highest BCUT2D eigenvalue weighted by Gasteiger charge is 2.22. The van der Waals surface area contributed by atoms with E-state index in [1.165, 1.54) is 36.9 Å². The SMILES string of the molecule is CCCC1CCN(c2c(Cl)cccc2CC(C)N)CC1. The first-order valence-electron chi connectivity index (χ1n) is 7.89. The Morgan fingerprint density at radius 1 is 1.35 bits per heavy atom. The first-order chi connectivity index (χ1) is 9.61. The van der Waals surface area contributed by atoms with Crippen molar-refractivity contribution in [2.75, 3.05) is 18.0 Å². The van der Waals surface area contributed by atoms with E-state index in [1.807, 2.05) is 12.1 Å². The molecule has 20 heavy (non-hydrogen) atoms. The molecular weight excluding hydrogens is 268 g/mol. The molecule has 2 nitrogen and oxygen atoms in total. The topological polar surface area (TPSA) is 29.3 Å². The molecular formula is C17H27ClN2. The molecule has 3 heteroatoms. The van der Waals surface area contributed by atoms with E-state index in [0.717, 1.165) is 30.5 Å². The number of hydrogen-bond donors (Lipinski definition) is 1.